The second-order valence-corrected chi connectivity index (χ2v) is 8.57. The molecule has 0 saturated heterocycles. The van der Waals surface area contributed by atoms with Crippen molar-refractivity contribution in [3.8, 4) is 28.3 Å². The molecule has 5 aromatic rings. The molecule has 0 fully saturated rings. The third-order valence-electron chi connectivity index (χ3n) is 6.14. The van der Waals surface area contributed by atoms with E-state index >= 15 is 0 Å². The van der Waals surface area contributed by atoms with Crippen LogP contribution in [0.2, 0.25) is 0 Å². The molecule has 0 saturated carbocycles. The van der Waals surface area contributed by atoms with E-state index < -0.39 is 0 Å². The lowest BCUT2D eigenvalue weighted by Gasteiger charge is -2.10. The summed E-state index contributed by atoms with van der Waals surface area (Å²) in [6.07, 6.45) is 5.08. The molecule has 0 aliphatic heterocycles. The van der Waals surface area contributed by atoms with Gasteiger partial charge in [-0.3, -0.25) is 9.67 Å². The van der Waals surface area contributed by atoms with E-state index in [9.17, 15) is 5.11 Å². The van der Waals surface area contributed by atoms with Crippen molar-refractivity contribution in [1.82, 2.24) is 29.5 Å². The van der Waals surface area contributed by atoms with Crippen molar-refractivity contribution in [2.24, 2.45) is 7.05 Å². The Balaban J connectivity index is 1.73. The molecule has 0 aliphatic carbocycles. The van der Waals surface area contributed by atoms with Gasteiger partial charge < -0.3 is 5.11 Å². The average molecular weight is 453 g/mol. The number of aliphatic hydroxyl groups is 1. The minimum absolute atomic E-state index is 0.120. The third-order valence-corrected chi connectivity index (χ3v) is 6.14. The van der Waals surface area contributed by atoms with E-state index in [0.717, 1.165) is 64.1 Å². The minimum Gasteiger partial charge on any atom is -0.390 e. The van der Waals surface area contributed by atoms with Crippen molar-refractivity contribution < 1.29 is 5.11 Å². The Labute approximate surface area is 198 Å². The van der Waals surface area contributed by atoms with Crippen LogP contribution in [0.3, 0.4) is 0 Å². The maximum Gasteiger partial charge on any atom is 0.154 e. The van der Waals surface area contributed by atoms with Crippen LogP contribution in [-0.2, 0) is 20.1 Å². The summed E-state index contributed by atoms with van der Waals surface area (Å²) in [5, 5.41) is 20.0. The Morgan fingerprint density at radius 1 is 0.941 bits per heavy atom. The number of hydrogen-bond donors (Lipinski definition) is 1. The zero-order valence-corrected chi connectivity index (χ0v) is 19.7. The van der Waals surface area contributed by atoms with Gasteiger partial charge in [-0.2, -0.15) is 10.2 Å². The average Bonchev–Trinajstić information content (AvgIpc) is 3.45. The first kappa shape index (κ1) is 22.0. The number of nitrogens with zero attached hydrogens (tertiary/aromatic N) is 6. The van der Waals surface area contributed by atoms with Gasteiger partial charge in [0.05, 0.1) is 35.4 Å². The lowest BCUT2D eigenvalue weighted by Crippen LogP contribution is -2.02. The maximum absolute atomic E-state index is 9.56. The zero-order valence-electron chi connectivity index (χ0n) is 19.7. The molecule has 4 heterocycles. The Hall–Kier alpha value is -3.84. The van der Waals surface area contributed by atoms with Crippen LogP contribution in [0.5, 0.6) is 0 Å². The fraction of sp³-hybridized carbons (Fsp3) is 0.259. The largest absolute Gasteiger partial charge is 0.390 e. The van der Waals surface area contributed by atoms with Gasteiger partial charge >= 0.3 is 0 Å². The van der Waals surface area contributed by atoms with E-state index in [1.165, 1.54) is 0 Å². The second-order valence-electron chi connectivity index (χ2n) is 8.57. The Morgan fingerprint density at radius 3 is 2.53 bits per heavy atom. The number of benzene rings is 1. The van der Waals surface area contributed by atoms with Gasteiger partial charge in [-0.1, -0.05) is 25.5 Å². The Morgan fingerprint density at radius 2 is 1.76 bits per heavy atom. The SMILES string of the molecule is CCCCc1cccc(-c2cc(-c3cc(C)n(C)n3)c3cnn(-c4cccc(CO)n4)c3c2)n1. The third kappa shape index (κ3) is 4.10. The smallest absolute Gasteiger partial charge is 0.154 e. The molecule has 1 N–H and O–H groups in total. The number of aliphatic hydroxyl groups excluding tert-OH is 1. The van der Waals surface area contributed by atoms with E-state index in [0.29, 0.717) is 11.5 Å². The maximum atomic E-state index is 9.56. The highest BCUT2D eigenvalue weighted by Crippen LogP contribution is 2.34. The highest BCUT2D eigenvalue weighted by molar-refractivity contribution is 5.97. The van der Waals surface area contributed by atoms with Crippen molar-refractivity contribution in [2.45, 2.75) is 39.7 Å². The molecule has 0 atom stereocenters. The number of unbranched alkanes of at least 4 members (excludes halogenated alkanes) is 1. The molecule has 0 spiro atoms. The molecule has 7 heteroatoms. The van der Waals surface area contributed by atoms with Crippen LogP contribution < -0.4 is 0 Å². The molecule has 0 aliphatic rings. The molecule has 4 aromatic heterocycles. The summed E-state index contributed by atoms with van der Waals surface area (Å²) in [4.78, 5) is 9.52. The summed E-state index contributed by atoms with van der Waals surface area (Å²) in [7, 11) is 1.95. The predicted octanol–water partition coefficient (Wildman–Crippen LogP) is 5.03. The molecular formula is C27H28N6O. The van der Waals surface area contributed by atoms with Gasteiger partial charge in [0, 0.05) is 34.9 Å². The highest BCUT2D eigenvalue weighted by Gasteiger charge is 2.17. The van der Waals surface area contributed by atoms with Crippen molar-refractivity contribution in [2.75, 3.05) is 0 Å². The molecule has 0 amide bonds. The van der Waals surface area contributed by atoms with Gasteiger partial charge in [0.15, 0.2) is 5.82 Å². The molecule has 34 heavy (non-hydrogen) atoms. The lowest BCUT2D eigenvalue weighted by molar-refractivity contribution is 0.276. The van der Waals surface area contributed by atoms with Crippen molar-refractivity contribution in [3.63, 3.8) is 0 Å². The number of hydrogen-bond acceptors (Lipinski definition) is 5. The lowest BCUT2D eigenvalue weighted by atomic mass is 10.0. The van der Waals surface area contributed by atoms with Crippen molar-refractivity contribution in [3.05, 3.63) is 77.9 Å². The normalized spacial score (nSPS) is 11.4. The molecule has 7 nitrogen and oxygen atoms in total. The van der Waals surface area contributed by atoms with E-state index in [2.05, 4.69) is 53.4 Å². The summed E-state index contributed by atoms with van der Waals surface area (Å²) < 4.78 is 3.70. The summed E-state index contributed by atoms with van der Waals surface area (Å²) in [5.41, 5.74) is 7.52. The van der Waals surface area contributed by atoms with Crippen LogP contribution in [0.25, 0.3) is 39.2 Å². The topological polar surface area (TPSA) is 81.7 Å². The van der Waals surface area contributed by atoms with Crippen LogP contribution in [0.4, 0.5) is 0 Å². The molecule has 172 valence electrons. The van der Waals surface area contributed by atoms with Crippen LogP contribution in [0.15, 0.2) is 60.8 Å². The standard InChI is InChI=1S/C27H28N6O/c1-4-5-8-20-9-6-11-24(29-20)19-14-22(25-13-18(2)32(3)31-25)23-16-28-33(26(23)15-19)27-12-7-10-21(17-34)30-27/h6-7,9-16,34H,4-5,8,17H2,1-3H3. The summed E-state index contributed by atoms with van der Waals surface area (Å²) in [5.74, 6) is 0.659. The molecule has 0 radical (unpaired) electrons. The second kappa shape index (κ2) is 9.19. The quantitative estimate of drug-likeness (QED) is 0.375. The van der Waals surface area contributed by atoms with Crippen LogP contribution >= 0.6 is 0 Å². The van der Waals surface area contributed by atoms with Gasteiger partial charge in [0.25, 0.3) is 0 Å². The molecule has 5 rings (SSSR count). The molecule has 0 unspecified atom stereocenters. The minimum atomic E-state index is -0.120. The number of pyridine rings is 2. The number of rotatable bonds is 7. The molecule has 1 aromatic carbocycles. The van der Waals surface area contributed by atoms with E-state index in [-0.39, 0.29) is 6.61 Å². The highest BCUT2D eigenvalue weighted by atomic mass is 16.3. The van der Waals surface area contributed by atoms with E-state index in [4.69, 9.17) is 10.1 Å². The van der Waals surface area contributed by atoms with Crippen molar-refractivity contribution >= 4 is 10.9 Å². The first-order valence-corrected chi connectivity index (χ1v) is 11.6. The Kier molecular flexibility index (Phi) is 5.94. The first-order chi connectivity index (χ1) is 16.6. The Bertz CT molecular complexity index is 1450. The molecule has 0 bridgehead atoms. The van der Waals surface area contributed by atoms with Gasteiger partial charge in [-0.25, -0.2) is 9.67 Å². The summed E-state index contributed by atoms with van der Waals surface area (Å²) in [6.45, 7) is 4.12. The number of aryl methyl sites for hydroxylation is 3. The number of fused-ring (bicyclic) bond motifs is 1. The van der Waals surface area contributed by atoms with Gasteiger partial charge in [-0.05, 0) is 62.2 Å². The fourth-order valence-corrected chi connectivity index (χ4v) is 4.17. The fourth-order valence-electron chi connectivity index (χ4n) is 4.17. The van der Waals surface area contributed by atoms with E-state index in [1.807, 2.05) is 41.7 Å². The zero-order chi connectivity index (χ0) is 23.7. The van der Waals surface area contributed by atoms with Crippen LogP contribution in [0, 0.1) is 6.92 Å². The number of aromatic nitrogens is 6. The van der Waals surface area contributed by atoms with Crippen molar-refractivity contribution in [1.29, 1.82) is 0 Å². The molecular weight excluding hydrogens is 424 g/mol. The first-order valence-electron chi connectivity index (χ1n) is 11.6. The van der Waals surface area contributed by atoms with Crippen LogP contribution in [-0.4, -0.2) is 34.6 Å². The monoisotopic (exact) mass is 452 g/mol. The van der Waals surface area contributed by atoms with Gasteiger partial charge in [0.2, 0.25) is 0 Å². The van der Waals surface area contributed by atoms with E-state index in [1.54, 1.807) is 6.07 Å². The van der Waals surface area contributed by atoms with Gasteiger partial charge in [0.1, 0.15) is 0 Å². The van der Waals surface area contributed by atoms with Crippen LogP contribution in [0.1, 0.15) is 36.8 Å². The summed E-state index contributed by atoms with van der Waals surface area (Å²) >= 11 is 0. The predicted molar refractivity (Wildman–Crippen MR) is 134 cm³/mol. The van der Waals surface area contributed by atoms with Gasteiger partial charge in [-0.15, -0.1) is 0 Å². The summed E-state index contributed by atoms with van der Waals surface area (Å²) in [6, 6.07) is 18.1.